The van der Waals surface area contributed by atoms with Crippen LogP contribution in [-0.4, -0.2) is 64.7 Å². The first-order valence-corrected chi connectivity index (χ1v) is 13.8. The van der Waals surface area contributed by atoms with Gasteiger partial charge in [-0.05, 0) is 75.4 Å². The predicted molar refractivity (Wildman–Crippen MR) is 167 cm³/mol. The summed E-state index contributed by atoms with van der Waals surface area (Å²) in [7, 11) is 5.07. The van der Waals surface area contributed by atoms with E-state index in [2.05, 4.69) is 37.1 Å². The van der Waals surface area contributed by atoms with Gasteiger partial charge in [-0.15, -0.1) is 0 Å². The summed E-state index contributed by atoms with van der Waals surface area (Å²) in [5.74, 6) is 5.99. The first kappa shape index (κ1) is 29.9. The Labute approximate surface area is 253 Å². The van der Waals surface area contributed by atoms with Crippen LogP contribution in [0, 0.1) is 11.8 Å². The fourth-order valence-corrected chi connectivity index (χ4v) is 4.49. The average molecular weight is 593 g/mol. The first-order valence-electron chi connectivity index (χ1n) is 13.8. The molecule has 12 nitrogen and oxygen atoms in total. The van der Waals surface area contributed by atoms with Gasteiger partial charge in [0.25, 0.3) is 5.56 Å². The molecule has 44 heavy (non-hydrogen) atoms. The summed E-state index contributed by atoms with van der Waals surface area (Å²) in [4.78, 5) is 56.7. The number of anilines is 1. The third kappa shape index (κ3) is 6.27. The molecular formula is C32H32N8O4. The molecule has 1 aromatic carbocycles. The molecule has 0 aliphatic heterocycles. The lowest BCUT2D eigenvalue weighted by atomic mass is 10.1. The fourth-order valence-electron chi connectivity index (χ4n) is 4.49. The fraction of sp³-hybridized carbons (Fsp3) is 0.281. The second-order valence-electron chi connectivity index (χ2n) is 11.4. The maximum Gasteiger partial charge on any atom is 0.410 e. The summed E-state index contributed by atoms with van der Waals surface area (Å²) < 4.78 is 8.80. The first-order chi connectivity index (χ1) is 20.8. The van der Waals surface area contributed by atoms with E-state index < -0.39 is 23.6 Å². The summed E-state index contributed by atoms with van der Waals surface area (Å²) in [6.45, 7) is 6.87. The standard InChI is InChI=1S/C32H32N8O4/c1-19(39(6)31(43)44-32(2,3)4)30(42)37-25-16-22(27-28-29(34-17-33-27)35-18-38(28)5)15-23(36-25)11-8-20-9-12-24-21(14-20)10-13-26(41)40(24)7/h9-10,12-19H,1-7H3,(H,36,37,42). The molecule has 5 rings (SSSR count). The number of amides is 2. The minimum absolute atomic E-state index is 0.0919. The van der Waals surface area contributed by atoms with Gasteiger partial charge in [-0.3, -0.25) is 14.5 Å². The number of rotatable bonds is 4. The van der Waals surface area contributed by atoms with Crippen LogP contribution in [-0.2, 0) is 23.6 Å². The number of carbonyl (C=O) groups is 2. The molecule has 12 heteroatoms. The predicted octanol–water partition coefficient (Wildman–Crippen LogP) is 3.87. The molecule has 0 aliphatic carbocycles. The van der Waals surface area contributed by atoms with Crippen LogP contribution in [0.2, 0.25) is 0 Å². The van der Waals surface area contributed by atoms with Crippen molar-refractivity contribution in [1.29, 1.82) is 0 Å². The molecule has 0 bridgehead atoms. The molecule has 1 unspecified atom stereocenters. The average Bonchev–Trinajstić information content (AvgIpc) is 3.37. The van der Waals surface area contributed by atoms with Crippen LogP contribution in [0.25, 0.3) is 33.3 Å². The van der Waals surface area contributed by atoms with E-state index in [9.17, 15) is 14.4 Å². The Morgan fingerprint density at radius 2 is 1.80 bits per heavy atom. The van der Waals surface area contributed by atoms with Crippen LogP contribution >= 0.6 is 0 Å². The van der Waals surface area contributed by atoms with Gasteiger partial charge in [-0.2, -0.15) is 0 Å². The minimum atomic E-state index is -0.860. The van der Waals surface area contributed by atoms with Crippen LogP contribution in [0.4, 0.5) is 10.6 Å². The third-order valence-electron chi connectivity index (χ3n) is 6.96. The van der Waals surface area contributed by atoms with Gasteiger partial charge >= 0.3 is 6.09 Å². The topological polar surface area (TPSA) is 137 Å². The second-order valence-corrected chi connectivity index (χ2v) is 11.4. The number of hydrogen-bond acceptors (Lipinski definition) is 8. The van der Waals surface area contributed by atoms with Gasteiger partial charge in [0.05, 0.1) is 17.5 Å². The van der Waals surface area contributed by atoms with Crippen molar-refractivity contribution in [2.75, 3.05) is 12.4 Å². The molecule has 4 heterocycles. The molecule has 224 valence electrons. The zero-order chi connectivity index (χ0) is 31.8. The molecule has 0 saturated carbocycles. The Balaban J connectivity index is 1.53. The minimum Gasteiger partial charge on any atom is -0.444 e. The van der Waals surface area contributed by atoms with E-state index in [-0.39, 0.29) is 11.4 Å². The lowest BCUT2D eigenvalue weighted by Gasteiger charge is -2.28. The van der Waals surface area contributed by atoms with Crippen molar-refractivity contribution in [3.05, 3.63) is 76.7 Å². The lowest BCUT2D eigenvalue weighted by Crippen LogP contribution is -2.45. The van der Waals surface area contributed by atoms with Crippen LogP contribution in [0.15, 0.2) is 59.9 Å². The lowest BCUT2D eigenvalue weighted by molar-refractivity contribution is -0.120. The van der Waals surface area contributed by atoms with Crippen LogP contribution < -0.4 is 10.9 Å². The molecule has 1 N–H and O–H groups in total. The van der Waals surface area contributed by atoms with Crippen molar-refractivity contribution in [1.82, 2.24) is 34.0 Å². The number of benzene rings is 1. The monoisotopic (exact) mass is 592 g/mol. The quantitative estimate of drug-likeness (QED) is 0.311. The van der Waals surface area contributed by atoms with Gasteiger partial charge in [0.2, 0.25) is 5.91 Å². The summed E-state index contributed by atoms with van der Waals surface area (Å²) in [6.07, 6.45) is 2.45. The van der Waals surface area contributed by atoms with E-state index in [0.717, 1.165) is 16.5 Å². The van der Waals surface area contributed by atoms with Crippen molar-refractivity contribution in [3.63, 3.8) is 0 Å². The highest BCUT2D eigenvalue weighted by Gasteiger charge is 2.27. The Hall–Kier alpha value is -5.57. The number of hydrogen-bond donors (Lipinski definition) is 1. The van der Waals surface area contributed by atoms with E-state index in [0.29, 0.717) is 28.1 Å². The van der Waals surface area contributed by atoms with Gasteiger partial charge in [0.15, 0.2) is 5.65 Å². The van der Waals surface area contributed by atoms with E-state index in [1.807, 2.05) is 29.8 Å². The Bertz CT molecular complexity index is 2050. The molecule has 0 saturated heterocycles. The number of aryl methyl sites for hydroxylation is 2. The van der Waals surface area contributed by atoms with Crippen molar-refractivity contribution in [3.8, 4) is 23.1 Å². The number of carbonyl (C=O) groups excluding carboxylic acids is 2. The molecule has 4 aromatic heterocycles. The van der Waals surface area contributed by atoms with Gasteiger partial charge in [0, 0.05) is 38.3 Å². The van der Waals surface area contributed by atoms with E-state index in [1.165, 1.54) is 24.3 Å². The molecule has 0 spiro atoms. The Morgan fingerprint density at radius 3 is 2.55 bits per heavy atom. The molecule has 0 radical (unpaired) electrons. The number of aromatic nitrogens is 6. The van der Waals surface area contributed by atoms with Crippen LogP contribution in [0.5, 0.6) is 0 Å². The molecule has 2 amide bonds. The SMILES string of the molecule is CC(C(=O)Nc1cc(-c2ncnc3ncn(C)c23)cc(C#Cc2ccc3c(ccc(=O)n3C)c2)n1)N(C)C(=O)OC(C)(C)C. The third-order valence-corrected chi connectivity index (χ3v) is 6.96. The smallest absolute Gasteiger partial charge is 0.410 e. The van der Waals surface area contributed by atoms with Gasteiger partial charge < -0.3 is 19.2 Å². The summed E-state index contributed by atoms with van der Waals surface area (Å²) in [6, 6.07) is 11.5. The summed E-state index contributed by atoms with van der Waals surface area (Å²) in [5, 5.41) is 3.69. The number of pyridine rings is 2. The second kappa shape index (κ2) is 11.6. The highest BCUT2D eigenvalue weighted by Crippen LogP contribution is 2.27. The van der Waals surface area contributed by atoms with Gasteiger partial charge in [0.1, 0.15) is 35.0 Å². The Kier molecular flexibility index (Phi) is 7.89. The maximum atomic E-state index is 13.3. The summed E-state index contributed by atoms with van der Waals surface area (Å²) >= 11 is 0. The number of imidazole rings is 1. The van der Waals surface area contributed by atoms with Gasteiger partial charge in [-0.1, -0.05) is 5.92 Å². The largest absolute Gasteiger partial charge is 0.444 e. The highest BCUT2D eigenvalue weighted by molar-refractivity contribution is 5.96. The van der Waals surface area contributed by atoms with E-state index in [1.54, 1.807) is 63.8 Å². The zero-order valence-electron chi connectivity index (χ0n) is 25.5. The van der Waals surface area contributed by atoms with E-state index in [4.69, 9.17) is 4.74 Å². The van der Waals surface area contributed by atoms with Crippen LogP contribution in [0.3, 0.4) is 0 Å². The van der Waals surface area contributed by atoms with Crippen LogP contribution in [0.1, 0.15) is 39.0 Å². The maximum absolute atomic E-state index is 13.3. The van der Waals surface area contributed by atoms with Crippen molar-refractivity contribution in [2.45, 2.75) is 39.3 Å². The van der Waals surface area contributed by atoms with Crippen molar-refractivity contribution < 1.29 is 14.3 Å². The number of fused-ring (bicyclic) bond motifs is 2. The summed E-state index contributed by atoms with van der Waals surface area (Å²) in [5.41, 5.74) is 3.53. The highest BCUT2D eigenvalue weighted by atomic mass is 16.6. The zero-order valence-corrected chi connectivity index (χ0v) is 25.5. The van der Waals surface area contributed by atoms with E-state index >= 15 is 0 Å². The van der Waals surface area contributed by atoms with Gasteiger partial charge in [-0.25, -0.2) is 24.7 Å². The molecular weight excluding hydrogens is 560 g/mol. The number of nitrogens with one attached hydrogen (secondary N) is 1. The molecule has 0 aliphatic rings. The molecule has 1 atom stereocenters. The number of likely N-dealkylation sites (N-methyl/N-ethyl adjacent to an activating group) is 1. The molecule has 5 aromatic rings. The number of nitrogens with zero attached hydrogens (tertiary/aromatic N) is 7. The van der Waals surface area contributed by atoms with Crippen molar-refractivity contribution in [2.24, 2.45) is 14.1 Å². The number of ether oxygens (including phenoxy) is 1. The molecule has 0 fully saturated rings. The van der Waals surface area contributed by atoms with Crippen molar-refractivity contribution >= 4 is 39.9 Å². The Morgan fingerprint density at radius 1 is 1.02 bits per heavy atom. The normalized spacial score (nSPS) is 12.0.